The van der Waals surface area contributed by atoms with Crippen LogP contribution in [0.3, 0.4) is 0 Å². The van der Waals surface area contributed by atoms with Crippen molar-refractivity contribution in [2.75, 3.05) is 5.43 Å². The molecular weight excluding hydrogens is 326 g/mol. The van der Waals surface area contributed by atoms with Crippen LogP contribution < -0.4 is 16.0 Å². The first-order valence-corrected chi connectivity index (χ1v) is 6.50. The Morgan fingerprint density at radius 1 is 1.30 bits per heavy atom. The second-order valence-corrected chi connectivity index (χ2v) is 4.94. The number of halogens is 1. The number of ether oxygens (including phenoxy) is 1. The highest BCUT2D eigenvalue weighted by Crippen LogP contribution is 2.39. The molecule has 0 aliphatic heterocycles. The summed E-state index contributed by atoms with van der Waals surface area (Å²) in [4.78, 5) is 10.6. The number of benzene rings is 2. The van der Waals surface area contributed by atoms with Gasteiger partial charge in [-0.25, -0.2) is 0 Å². The van der Waals surface area contributed by atoms with Gasteiger partial charge < -0.3 is 10.2 Å². The Morgan fingerprint density at radius 2 is 2.05 bits per heavy atom. The SMILES string of the molecule is Cc1ccc(Oc2cccc(NN)c2[N+](=O)[O-])c(Br)c1. The predicted octanol–water partition coefficient (Wildman–Crippen LogP) is 3.74. The van der Waals surface area contributed by atoms with E-state index in [0.717, 1.165) is 10.0 Å². The first-order chi connectivity index (χ1) is 9.52. The zero-order valence-corrected chi connectivity index (χ0v) is 12.2. The summed E-state index contributed by atoms with van der Waals surface area (Å²) in [6.07, 6.45) is 0. The van der Waals surface area contributed by atoms with Gasteiger partial charge in [-0.3, -0.25) is 16.0 Å². The number of hydrogen-bond acceptors (Lipinski definition) is 5. The average molecular weight is 338 g/mol. The minimum Gasteiger partial charge on any atom is -0.449 e. The van der Waals surface area contributed by atoms with E-state index in [4.69, 9.17) is 10.6 Å². The predicted molar refractivity (Wildman–Crippen MR) is 79.9 cm³/mol. The Balaban J connectivity index is 2.45. The molecule has 0 unspecified atom stereocenters. The summed E-state index contributed by atoms with van der Waals surface area (Å²) in [6, 6.07) is 10.1. The molecule has 0 radical (unpaired) electrons. The molecule has 104 valence electrons. The standard InChI is InChI=1S/C13H12BrN3O3/c1-8-5-6-11(9(14)7-8)20-12-4-2-3-10(16-15)13(12)17(18)19/h2-7,16H,15H2,1H3. The molecule has 2 aromatic rings. The van der Waals surface area contributed by atoms with Crippen LogP contribution >= 0.6 is 15.9 Å². The summed E-state index contributed by atoms with van der Waals surface area (Å²) in [5.74, 6) is 5.89. The van der Waals surface area contributed by atoms with E-state index in [1.165, 1.54) is 12.1 Å². The molecule has 0 saturated heterocycles. The van der Waals surface area contributed by atoms with Gasteiger partial charge in [0.05, 0.1) is 9.40 Å². The third-order valence-electron chi connectivity index (χ3n) is 2.64. The number of hydrazine groups is 1. The number of aryl methyl sites for hydroxylation is 1. The van der Waals surface area contributed by atoms with Gasteiger partial charge in [-0.15, -0.1) is 0 Å². The van der Waals surface area contributed by atoms with Crippen molar-refractivity contribution in [2.24, 2.45) is 5.84 Å². The number of para-hydroxylation sites is 1. The van der Waals surface area contributed by atoms with Gasteiger partial charge in [0, 0.05) is 0 Å². The van der Waals surface area contributed by atoms with Crippen LogP contribution in [-0.4, -0.2) is 4.92 Å². The average Bonchev–Trinajstić information content (AvgIpc) is 2.41. The highest BCUT2D eigenvalue weighted by Gasteiger charge is 2.21. The van der Waals surface area contributed by atoms with Gasteiger partial charge in [0.1, 0.15) is 11.4 Å². The summed E-state index contributed by atoms with van der Waals surface area (Å²) in [6.45, 7) is 1.94. The molecule has 0 aliphatic rings. The molecule has 0 saturated carbocycles. The first kappa shape index (κ1) is 14.3. The fourth-order valence-corrected chi connectivity index (χ4v) is 2.29. The third-order valence-corrected chi connectivity index (χ3v) is 3.26. The second-order valence-electron chi connectivity index (χ2n) is 4.09. The highest BCUT2D eigenvalue weighted by atomic mass is 79.9. The Hall–Kier alpha value is -2.12. The van der Waals surface area contributed by atoms with Crippen LogP contribution in [0.25, 0.3) is 0 Å². The summed E-state index contributed by atoms with van der Waals surface area (Å²) in [5, 5.41) is 11.1. The van der Waals surface area contributed by atoms with Gasteiger partial charge in [0.25, 0.3) is 0 Å². The fraction of sp³-hybridized carbons (Fsp3) is 0.0769. The lowest BCUT2D eigenvalue weighted by Crippen LogP contribution is -2.09. The number of nitrogen functional groups attached to an aromatic ring is 1. The topological polar surface area (TPSA) is 90.4 Å². The zero-order chi connectivity index (χ0) is 14.7. The summed E-state index contributed by atoms with van der Waals surface area (Å²) < 4.78 is 6.34. The van der Waals surface area contributed by atoms with Crippen LogP contribution in [0.5, 0.6) is 11.5 Å². The lowest BCUT2D eigenvalue weighted by Gasteiger charge is -2.10. The number of nitrogens with zero attached hydrogens (tertiary/aromatic N) is 1. The molecule has 0 fully saturated rings. The van der Waals surface area contributed by atoms with Crippen LogP contribution in [-0.2, 0) is 0 Å². The van der Waals surface area contributed by atoms with Crippen molar-refractivity contribution in [1.29, 1.82) is 0 Å². The maximum Gasteiger partial charge on any atom is 0.335 e. The lowest BCUT2D eigenvalue weighted by atomic mass is 10.2. The highest BCUT2D eigenvalue weighted by molar-refractivity contribution is 9.10. The molecule has 0 bridgehead atoms. The molecule has 20 heavy (non-hydrogen) atoms. The molecule has 0 heterocycles. The number of rotatable bonds is 4. The second kappa shape index (κ2) is 5.89. The van der Waals surface area contributed by atoms with Crippen LogP contribution in [0.1, 0.15) is 5.56 Å². The van der Waals surface area contributed by atoms with E-state index in [1.807, 2.05) is 19.1 Å². The lowest BCUT2D eigenvalue weighted by molar-refractivity contribution is -0.384. The molecule has 3 N–H and O–H groups in total. The van der Waals surface area contributed by atoms with Crippen LogP contribution in [0.4, 0.5) is 11.4 Å². The van der Waals surface area contributed by atoms with Crippen molar-refractivity contribution in [3.63, 3.8) is 0 Å². The van der Waals surface area contributed by atoms with Gasteiger partial charge in [-0.2, -0.15) is 0 Å². The minimum absolute atomic E-state index is 0.120. The van der Waals surface area contributed by atoms with Crippen molar-refractivity contribution in [3.8, 4) is 11.5 Å². The monoisotopic (exact) mass is 337 g/mol. The summed E-state index contributed by atoms with van der Waals surface area (Å²) >= 11 is 3.37. The Morgan fingerprint density at radius 3 is 2.65 bits per heavy atom. The molecule has 7 heteroatoms. The molecule has 2 rings (SSSR count). The first-order valence-electron chi connectivity index (χ1n) is 5.71. The minimum atomic E-state index is -0.535. The third kappa shape index (κ3) is 2.89. The Labute approximate surface area is 123 Å². The Kier molecular flexibility index (Phi) is 4.21. The van der Waals surface area contributed by atoms with E-state index < -0.39 is 4.92 Å². The van der Waals surface area contributed by atoms with Crippen molar-refractivity contribution in [2.45, 2.75) is 6.92 Å². The number of nitro benzene ring substituents is 1. The van der Waals surface area contributed by atoms with Gasteiger partial charge in [-0.05, 0) is 52.7 Å². The van der Waals surface area contributed by atoms with E-state index >= 15 is 0 Å². The number of hydrogen-bond donors (Lipinski definition) is 2. The van der Waals surface area contributed by atoms with Crippen molar-refractivity contribution in [3.05, 3.63) is 56.5 Å². The molecule has 2 aromatic carbocycles. The number of nitro groups is 1. The molecule has 0 aliphatic carbocycles. The van der Waals surface area contributed by atoms with Crippen molar-refractivity contribution < 1.29 is 9.66 Å². The normalized spacial score (nSPS) is 10.2. The maximum atomic E-state index is 11.1. The van der Waals surface area contributed by atoms with E-state index in [0.29, 0.717) is 5.75 Å². The maximum absolute atomic E-state index is 11.1. The number of nitrogens with two attached hydrogens (primary N) is 1. The molecular formula is C13H12BrN3O3. The van der Waals surface area contributed by atoms with Gasteiger partial charge in [-0.1, -0.05) is 12.1 Å². The quantitative estimate of drug-likeness (QED) is 0.503. The molecule has 0 aromatic heterocycles. The smallest absolute Gasteiger partial charge is 0.335 e. The number of nitrogens with one attached hydrogen (secondary N) is 1. The zero-order valence-electron chi connectivity index (χ0n) is 10.6. The van der Waals surface area contributed by atoms with Gasteiger partial charge in [0.2, 0.25) is 5.75 Å². The van der Waals surface area contributed by atoms with Crippen molar-refractivity contribution >= 4 is 27.3 Å². The van der Waals surface area contributed by atoms with Crippen LogP contribution in [0.2, 0.25) is 0 Å². The van der Waals surface area contributed by atoms with Gasteiger partial charge in [0.15, 0.2) is 0 Å². The molecule has 0 atom stereocenters. The van der Waals surface area contributed by atoms with Gasteiger partial charge >= 0.3 is 5.69 Å². The largest absolute Gasteiger partial charge is 0.449 e. The van der Waals surface area contributed by atoms with Crippen molar-refractivity contribution in [1.82, 2.24) is 0 Å². The molecule has 0 amide bonds. The molecule has 6 nitrogen and oxygen atoms in total. The number of anilines is 1. The fourth-order valence-electron chi connectivity index (χ4n) is 1.72. The van der Waals surface area contributed by atoms with E-state index in [9.17, 15) is 10.1 Å². The molecule has 0 spiro atoms. The Bertz CT molecular complexity index is 661. The van der Waals surface area contributed by atoms with Crippen LogP contribution in [0.15, 0.2) is 40.9 Å². The van der Waals surface area contributed by atoms with Crippen LogP contribution in [0, 0.1) is 17.0 Å². The van der Waals surface area contributed by atoms with E-state index in [1.54, 1.807) is 12.1 Å². The van der Waals surface area contributed by atoms with E-state index in [2.05, 4.69) is 21.4 Å². The van der Waals surface area contributed by atoms with E-state index in [-0.39, 0.29) is 17.1 Å². The summed E-state index contributed by atoms with van der Waals surface area (Å²) in [7, 11) is 0. The summed E-state index contributed by atoms with van der Waals surface area (Å²) in [5.41, 5.74) is 3.33.